The maximum Gasteiger partial charge on any atom is 0.318 e. The molecule has 0 aromatic carbocycles. The molecule has 0 aromatic heterocycles. The first-order chi connectivity index (χ1) is 9.35. The van der Waals surface area contributed by atoms with Crippen molar-refractivity contribution in [3.63, 3.8) is 0 Å². The van der Waals surface area contributed by atoms with Crippen molar-refractivity contribution >= 4 is 12.0 Å². The average molecular weight is 286 g/mol. The minimum Gasteiger partial charge on any atom is -0.481 e. The summed E-state index contributed by atoms with van der Waals surface area (Å²) in [5.74, 6) is -0.810. The zero-order chi connectivity index (χ0) is 15.2. The minimum absolute atomic E-state index is 0.0261. The number of carbonyl (C=O) groups excluding carboxylic acids is 1. The van der Waals surface area contributed by atoms with E-state index in [-0.39, 0.29) is 18.5 Å². The third-order valence-corrected chi connectivity index (χ3v) is 3.53. The van der Waals surface area contributed by atoms with E-state index in [9.17, 15) is 9.59 Å². The number of hydrogen-bond acceptors (Lipinski definition) is 3. The molecule has 0 aliphatic carbocycles. The zero-order valence-electron chi connectivity index (χ0n) is 12.6. The van der Waals surface area contributed by atoms with E-state index in [0.29, 0.717) is 19.6 Å². The lowest BCUT2D eigenvalue weighted by Crippen LogP contribution is -2.55. The van der Waals surface area contributed by atoms with Crippen molar-refractivity contribution in [2.45, 2.75) is 57.5 Å². The summed E-state index contributed by atoms with van der Waals surface area (Å²) in [4.78, 5) is 24.8. The van der Waals surface area contributed by atoms with Gasteiger partial charge < -0.3 is 20.1 Å². The number of piperidine rings is 1. The van der Waals surface area contributed by atoms with Crippen LogP contribution in [0.5, 0.6) is 0 Å². The molecule has 0 aromatic rings. The lowest BCUT2D eigenvalue weighted by molar-refractivity contribution is -0.137. The van der Waals surface area contributed by atoms with Crippen LogP contribution in [0.4, 0.5) is 4.79 Å². The van der Waals surface area contributed by atoms with Gasteiger partial charge in [0.25, 0.3) is 0 Å². The van der Waals surface area contributed by atoms with Crippen molar-refractivity contribution < 1.29 is 19.4 Å². The Labute approximate surface area is 120 Å². The number of hydrogen-bond donors (Lipinski definition) is 2. The number of carboxylic acids is 1. The number of rotatable bonds is 6. The smallest absolute Gasteiger partial charge is 0.318 e. The van der Waals surface area contributed by atoms with Crippen LogP contribution in [-0.4, -0.2) is 53.8 Å². The fraction of sp³-hybridized carbons (Fsp3) is 0.857. The van der Waals surface area contributed by atoms with Crippen LogP contribution < -0.4 is 5.32 Å². The van der Waals surface area contributed by atoms with Gasteiger partial charge in [-0.2, -0.15) is 0 Å². The highest BCUT2D eigenvalue weighted by Crippen LogP contribution is 2.21. The van der Waals surface area contributed by atoms with Gasteiger partial charge in [-0.05, 0) is 39.5 Å². The first kappa shape index (κ1) is 16.8. The van der Waals surface area contributed by atoms with E-state index in [0.717, 1.165) is 19.3 Å². The third kappa shape index (κ3) is 5.36. The summed E-state index contributed by atoms with van der Waals surface area (Å²) in [6.45, 7) is 4.95. The number of carbonyl (C=O) groups is 2. The predicted octanol–water partition coefficient (Wildman–Crippen LogP) is 1.84. The van der Waals surface area contributed by atoms with Crippen molar-refractivity contribution in [1.29, 1.82) is 0 Å². The van der Waals surface area contributed by atoms with Crippen LogP contribution in [-0.2, 0) is 9.53 Å². The topological polar surface area (TPSA) is 78.9 Å². The molecule has 1 aliphatic rings. The minimum atomic E-state index is -0.810. The molecule has 0 radical (unpaired) electrons. The number of aliphatic carboxylic acids is 1. The van der Waals surface area contributed by atoms with E-state index in [4.69, 9.17) is 9.84 Å². The molecule has 1 aliphatic heterocycles. The molecular formula is C14H26N2O4. The van der Waals surface area contributed by atoms with E-state index >= 15 is 0 Å². The lowest BCUT2D eigenvalue weighted by atomic mass is 9.98. The second-order valence-corrected chi connectivity index (χ2v) is 6.02. The Kier molecular flexibility index (Phi) is 6.26. The number of urea groups is 1. The Morgan fingerprint density at radius 1 is 1.40 bits per heavy atom. The van der Waals surface area contributed by atoms with E-state index < -0.39 is 11.5 Å². The molecule has 6 heteroatoms. The average Bonchev–Trinajstić information content (AvgIpc) is 2.35. The van der Waals surface area contributed by atoms with Crippen molar-refractivity contribution in [2.75, 3.05) is 20.3 Å². The third-order valence-electron chi connectivity index (χ3n) is 3.53. The molecule has 1 heterocycles. The Bertz CT molecular complexity index is 344. The van der Waals surface area contributed by atoms with Crippen molar-refractivity contribution in [3.05, 3.63) is 0 Å². The number of likely N-dealkylation sites (tertiary alicyclic amines) is 1. The van der Waals surface area contributed by atoms with Gasteiger partial charge >= 0.3 is 12.0 Å². The maximum absolute atomic E-state index is 12.4. The first-order valence-corrected chi connectivity index (χ1v) is 7.15. The highest BCUT2D eigenvalue weighted by atomic mass is 16.5. The van der Waals surface area contributed by atoms with Gasteiger partial charge in [0.05, 0.1) is 12.1 Å². The van der Waals surface area contributed by atoms with E-state index in [1.165, 1.54) is 0 Å². The molecule has 2 amide bonds. The summed E-state index contributed by atoms with van der Waals surface area (Å²) < 4.78 is 5.09. The summed E-state index contributed by atoms with van der Waals surface area (Å²) in [5.41, 5.74) is -0.430. The molecule has 1 rings (SSSR count). The number of nitrogens with zero attached hydrogens (tertiary/aromatic N) is 1. The largest absolute Gasteiger partial charge is 0.481 e. The fourth-order valence-electron chi connectivity index (χ4n) is 2.62. The summed E-state index contributed by atoms with van der Waals surface area (Å²) in [7, 11) is 1.60. The molecule has 6 nitrogen and oxygen atoms in total. The van der Waals surface area contributed by atoms with Gasteiger partial charge in [0, 0.05) is 26.1 Å². The number of nitrogens with one attached hydrogen (secondary N) is 1. The Hall–Kier alpha value is -1.30. The van der Waals surface area contributed by atoms with Gasteiger partial charge in [-0.15, -0.1) is 0 Å². The van der Waals surface area contributed by atoms with Gasteiger partial charge in [-0.1, -0.05) is 0 Å². The van der Waals surface area contributed by atoms with Gasteiger partial charge in [0.2, 0.25) is 0 Å². The van der Waals surface area contributed by atoms with Crippen LogP contribution in [0.2, 0.25) is 0 Å². The van der Waals surface area contributed by atoms with Gasteiger partial charge in [-0.3, -0.25) is 4.79 Å². The Morgan fingerprint density at radius 3 is 2.70 bits per heavy atom. The van der Waals surface area contributed by atoms with E-state index in [1.54, 1.807) is 12.0 Å². The molecule has 1 atom stereocenters. The first-order valence-electron chi connectivity index (χ1n) is 7.15. The van der Waals surface area contributed by atoms with Crippen LogP contribution >= 0.6 is 0 Å². The molecule has 0 spiro atoms. The Balaban J connectivity index is 2.60. The summed E-state index contributed by atoms with van der Waals surface area (Å²) in [5, 5.41) is 11.7. The van der Waals surface area contributed by atoms with E-state index in [2.05, 4.69) is 5.32 Å². The highest BCUT2D eigenvalue weighted by molar-refractivity contribution is 5.75. The SMILES string of the molecule is COCC(C)(C)NC(=O)N1CCCCC1CCC(=O)O. The number of carboxylic acid groups (broad SMARTS) is 1. The number of methoxy groups -OCH3 is 1. The molecule has 1 saturated heterocycles. The number of amides is 2. The van der Waals surface area contributed by atoms with Crippen molar-refractivity contribution in [2.24, 2.45) is 0 Å². The molecule has 1 fully saturated rings. The van der Waals surface area contributed by atoms with Gasteiger partial charge in [0.15, 0.2) is 0 Å². The lowest BCUT2D eigenvalue weighted by Gasteiger charge is -2.38. The van der Waals surface area contributed by atoms with Crippen LogP contribution in [0.1, 0.15) is 46.0 Å². The highest BCUT2D eigenvalue weighted by Gasteiger charge is 2.30. The second-order valence-electron chi connectivity index (χ2n) is 6.02. The predicted molar refractivity (Wildman–Crippen MR) is 75.7 cm³/mol. The monoisotopic (exact) mass is 286 g/mol. The summed E-state index contributed by atoms with van der Waals surface area (Å²) in [6, 6.07) is -0.0969. The molecule has 0 bridgehead atoms. The van der Waals surface area contributed by atoms with Crippen LogP contribution in [0.3, 0.4) is 0 Å². The molecule has 0 saturated carbocycles. The van der Waals surface area contributed by atoms with Crippen molar-refractivity contribution in [1.82, 2.24) is 10.2 Å². The standard InChI is InChI=1S/C14H26N2O4/c1-14(2,10-20-3)15-13(19)16-9-5-4-6-11(16)7-8-12(17)18/h11H,4-10H2,1-3H3,(H,15,19)(H,17,18). The van der Waals surface area contributed by atoms with E-state index in [1.807, 2.05) is 13.8 Å². The quantitative estimate of drug-likeness (QED) is 0.781. The molecule has 1 unspecified atom stereocenters. The Morgan fingerprint density at radius 2 is 2.10 bits per heavy atom. The fourth-order valence-corrected chi connectivity index (χ4v) is 2.62. The van der Waals surface area contributed by atoms with Gasteiger partial charge in [-0.25, -0.2) is 4.79 Å². The normalized spacial score (nSPS) is 19.8. The maximum atomic E-state index is 12.4. The summed E-state index contributed by atoms with van der Waals surface area (Å²) >= 11 is 0. The number of ether oxygens (including phenoxy) is 1. The van der Waals surface area contributed by atoms with Crippen molar-refractivity contribution in [3.8, 4) is 0 Å². The van der Waals surface area contributed by atoms with Crippen LogP contribution in [0.25, 0.3) is 0 Å². The molecule has 20 heavy (non-hydrogen) atoms. The van der Waals surface area contributed by atoms with Crippen LogP contribution in [0.15, 0.2) is 0 Å². The summed E-state index contributed by atoms with van der Waals surface area (Å²) in [6.07, 6.45) is 3.53. The second kappa shape index (κ2) is 7.47. The van der Waals surface area contributed by atoms with Crippen LogP contribution in [0, 0.1) is 0 Å². The molecule has 116 valence electrons. The molecular weight excluding hydrogens is 260 g/mol. The molecule has 2 N–H and O–H groups in total. The van der Waals surface area contributed by atoms with Gasteiger partial charge in [0.1, 0.15) is 0 Å². The zero-order valence-corrected chi connectivity index (χ0v) is 12.6.